The van der Waals surface area contributed by atoms with Crippen LogP contribution >= 0.6 is 0 Å². The van der Waals surface area contributed by atoms with Crippen LogP contribution in [0.3, 0.4) is 0 Å². The molecule has 1 atom stereocenters. The lowest BCUT2D eigenvalue weighted by atomic mass is 9.99. The Bertz CT molecular complexity index is 440. The van der Waals surface area contributed by atoms with E-state index in [2.05, 4.69) is 5.16 Å². The number of oxime groups is 1. The summed E-state index contributed by atoms with van der Waals surface area (Å²) in [5.41, 5.74) is 3.00. The Hall–Kier alpha value is -1.84. The monoisotopic (exact) mass is 219 g/mol. The highest BCUT2D eigenvalue weighted by atomic mass is 16.6. The number of hydrogen-bond donors (Lipinski definition) is 1. The second-order valence-corrected chi connectivity index (χ2v) is 3.88. The molecule has 16 heavy (non-hydrogen) atoms. The van der Waals surface area contributed by atoms with E-state index in [1.165, 1.54) is 0 Å². The lowest BCUT2D eigenvalue weighted by molar-refractivity contribution is -0.139. The first-order valence-corrected chi connectivity index (χ1v) is 5.17. The molecule has 0 spiro atoms. The molecule has 4 nitrogen and oxygen atoms in total. The normalized spacial score (nSPS) is 19.1. The van der Waals surface area contributed by atoms with Crippen LogP contribution in [-0.4, -0.2) is 22.9 Å². The van der Waals surface area contributed by atoms with Gasteiger partial charge in [0.15, 0.2) is 0 Å². The van der Waals surface area contributed by atoms with Crippen LogP contribution in [0.15, 0.2) is 29.4 Å². The molecule has 0 aromatic heterocycles. The van der Waals surface area contributed by atoms with E-state index >= 15 is 0 Å². The fourth-order valence-corrected chi connectivity index (χ4v) is 1.79. The van der Waals surface area contributed by atoms with Crippen LogP contribution in [0.5, 0.6) is 0 Å². The van der Waals surface area contributed by atoms with Crippen molar-refractivity contribution in [2.24, 2.45) is 5.16 Å². The van der Waals surface area contributed by atoms with E-state index in [9.17, 15) is 4.79 Å². The van der Waals surface area contributed by atoms with Crippen molar-refractivity contribution in [2.45, 2.75) is 25.9 Å². The fourth-order valence-electron chi connectivity index (χ4n) is 1.79. The lowest BCUT2D eigenvalue weighted by Gasteiger charge is -2.04. The van der Waals surface area contributed by atoms with Crippen LogP contribution < -0.4 is 0 Å². The van der Waals surface area contributed by atoms with E-state index in [1.807, 2.05) is 31.2 Å². The molecule has 1 N–H and O–H groups in total. The number of carboxylic acids is 1. The van der Waals surface area contributed by atoms with Crippen molar-refractivity contribution in [3.63, 3.8) is 0 Å². The van der Waals surface area contributed by atoms with Gasteiger partial charge in [-0.1, -0.05) is 29.4 Å². The Morgan fingerprint density at radius 1 is 1.56 bits per heavy atom. The quantitative estimate of drug-likeness (QED) is 0.845. The summed E-state index contributed by atoms with van der Waals surface area (Å²) in [6.07, 6.45) is 0.239. The van der Waals surface area contributed by atoms with Gasteiger partial charge in [0, 0.05) is 12.0 Å². The van der Waals surface area contributed by atoms with Crippen LogP contribution in [0, 0.1) is 6.92 Å². The molecule has 1 aromatic carbocycles. The largest absolute Gasteiger partial charge is 0.481 e. The Balaban J connectivity index is 2.09. The highest BCUT2D eigenvalue weighted by Crippen LogP contribution is 2.20. The number of carboxylic acid groups (broad SMARTS) is 1. The van der Waals surface area contributed by atoms with Crippen molar-refractivity contribution in [1.29, 1.82) is 0 Å². The summed E-state index contributed by atoms with van der Waals surface area (Å²) >= 11 is 0. The van der Waals surface area contributed by atoms with E-state index in [0.717, 1.165) is 16.8 Å². The third-order valence-corrected chi connectivity index (χ3v) is 2.59. The van der Waals surface area contributed by atoms with Gasteiger partial charge in [0.25, 0.3) is 0 Å². The molecule has 4 heteroatoms. The molecule has 0 bridgehead atoms. The van der Waals surface area contributed by atoms with Gasteiger partial charge in [-0.3, -0.25) is 4.79 Å². The standard InChI is InChI=1S/C12H13NO3/c1-8-4-2-3-5-10(8)11-6-9(16-13-11)7-12(14)15/h2-5,9H,6-7H2,1H3,(H,14,15). The van der Waals surface area contributed by atoms with Crippen molar-refractivity contribution in [3.8, 4) is 0 Å². The smallest absolute Gasteiger partial charge is 0.307 e. The molecule has 0 saturated carbocycles. The number of hydrogen-bond acceptors (Lipinski definition) is 3. The Kier molecular flexibility index (Phi) is 2.90. The summed E-state index contributed by atoms with van der Waals surface area (Å²) in [5.74, 6) is -0.855. The Morgan fingerprint density at radius 3 is 3.00 bits per heavy atom. The maximum Gasteiger partial charge on any atom is 0.307 e. The summed E-state index contributed by atoms with van der Waals surface area (Å²) in [6.45, 7) is 2.00. The topological polar surface area (TPSA) is 58.9 Å². The summed E-state index contributed by atoms with van der Waals surface area (Å²) in [5, 5.41) is 12.6. The molecule has 1 unspecified atom stereocenters. The summed E-state index contributed by atoms with van der Waals surface area (Å²) < 4.78 is 0. The van der Waals surface area contributed by atoms with E-state index in [4.69, 9.17) is 9.94 Å². The summed E-state index contributed by atoms with van der Waals surface area (Å²) in [7, 11) is 0. The third-order valence-electron chi connectivity index (χ3n) is 2.59. The number of aliphatic carboxylic acids is 1. The van der Waals surface area contributed by atoms with Gasteiger partial charge in [-0.05, 0) is 12.5 Å². The molecule has 84 valence electrons. The second kappa shape index (κ2) is 4.35. The fraction of sp³-hybridized carbons (Fsp3) is 0.333. The highest BCUT2D eigenvalue weighted by molar-refractivity contribution is 6.02. The first-order chi connectivity index (χ1) is 7.66. The molecule has 1 heterocycles. The minimum atomic E-state index is -0.855. The third kappa shape index (κ3) is 2.21. The molecule has 1 aliphatic rings. The average molecular weight is 219 g/mol. The molecule has 0 saturated heterocycles. The van der Waals surface area contributed by atoms with Gasteiger partial charge in [-0.15, -0.1) is 0 Å². The van der Waals surface area contributed by atoms with Crippen LogP contribution in [0.25, 0.3) is 0 Å². The zero-order valence-corrected chi connectivity index (χ0v) is 9.01. The van der Waals surface area contributed by atoms with Gasteiger partial charge in [0.05, 0.1) is 12.1 Å². The van der Waals surface area contributed by atoms with Gasteiger partial charge in [-0.25, -0.2) is 0 Å². The van der Waals surface area contributed by atoms with Crippen LogP contribution in [-0.2, 0) is 9.63 Å². The second-order valence-electron chi connectivity index (χ2n) is 3.88. The first-order valence-electron chi connectivity index (χ1n) is 5.17. The Morgan fingerprint density at radius 2 is 2.31 bits per heavy atom. The van der Waals surface area contributed by atoms with Gasteiger partial charge >= 0.3 is 5.97 Å². The van der Waals surface area contributed by atoms with Crippen molar-refractivity contribution in [3.05, 3.63) is 35.4 Å². The number of aryl methyl sites for hydroxylation is 1. The van der Waals surface area contributed by atoms with Crippen molar-refractivity contribution in [2.75, 3.05) is 0 Å². The molecule has 0 aliphatic carbocycles. The Labute approximate surface area is 93.5 Å². The van der Waals surface area contributed by atoms with Crippen LogP contribution in [0.4, 0.5) is 0 Å². The van der Waals surface area contributed by atoms with Crippen molar-refractivity contribution >= 4 is 11.7 Å². The van der Waals surface area contributed by atoms with Crippen molar-refractivity contribution in [1.82, 2.24) is 0 Å². The number of nitrogens with zero attached hydrogens (tertiary/aromatic N) is 1. The summed E-state index contributed by atoms with van der Waals surface area (Å²) in [4.78, 5) is 15.6. The molecule has 1 aliphatic heterocycles. The molecule has 0 fully saturated rings. The van der Waals surface area contributed by atoms with E-state index in [1.54, 1.807) is 0 Å². The highest BCUT2D eigenvalue weighted by Gasteiger charge is 2.24. The van der Waals surface area contributed by atoms with Gasteiger partial charge in [0.2, 0.25) is 0 Å². The number of rotatable bonds is 3. The predicted molar refractivity (Wildman–Crippen MR) is 59.5 cm³/mol. The molecule has 2 rings (SSSR count). The van der Waals surface area contributed by atoms with Gasteiger partial charge in [-0.2, -0.15) is 0 Å². The summed E-state index contributed by atoms with van der Waals surface area (Å²) in [6, 6.07) is 7.88. The van der Waals surface area contributed by atoms with Crippen LogP contribution in [0.2, 0.25) is 0 Å². The zero-order valence-electron chi connectivity index (χ0n) is 9.01. The minimum Gasteiger partial charge on any atom is -0.481 e. The zero-order chi connectivity index (χ0) is 11.5. The van der Waals surface area contributed by atoms with E-state index in [0.29, 0.717) is 6.42 Å². The van der Waals surface area contributed by atoms with Gasteiger partial charge in [0.1, 0.15) is 6.10 Å². The average Bonchev–Trinajstić information content (AvgIpc) is 2.66. The number of carbonyl (C=O) groups is 1. The van der Waals surface area contributed by atoms with Crippen molar-refractivity contribution < 1.29 is 14.7 Å². The predicted octanol–water partition coefficient (Wildman–Crippen LogP) is 1.96. The van der Waals surface area contributed by atoms with Gasteiger partial charge < -0.3 is 9.94 Å². The number of benzene rings is 1. The molecule has 1 aromatic rings. The lowest BCUT2D eigenvalue weighted by Crippen LogP contribution is -2.14. The molecule has 0 radical (unpaired) electrons. The van der Waals surface area contributed by atoms with Crippen LogP contribution in [0.1, 0.15) is 24.0 Å². The molecular weight excluding hydrogens is 206 g/mol. The maximum absolute atomic E-state index is 10.5. The van der Waals surface area contributed by atoms with E-state index < -0.39 is 5.97 Å². The molecule has 0 amide bonds. The SMILES string of the molecule is Cc1ccccc1C1=NOC(CC(=O)O)C1. The minimum absolute atomic E-state index is 0.00111. The first kappa shape index (κ1) is 10.7. The molecular formula is C12H13NO3. The maximum atomic E-state index is 10.5. The van der Waals surface area contributed by atoms with E-state index in [-0.39, 0.29) is 12.5 Å².